The molecule has 6 heteroatoms. The molecule has 1 aromatic heterocycles. The van der Waals surface area contributed by atoms with Gasteiger partial charge >= 0.3 is 0 Å². The maximum absolute atomic E-state index is 13.1. The first-order chi connectivity index (χ1) is 8.33. The summed E-state index contributed by atoms with van der Waals surface area (Å²) in [6, 6.07) is 6.33. The molecule has 0 amide bonds. The Kier molecular flexibility index (Phi) is 3.93. The van der Waals surface area contributed by atoms with Crippen molar-refractivity contribution in [3.63, 3.8) is 0 Å². The molecule has 0 spiro atoms. The van der Waals surface area contributed by atoms with E-state index in [9.17, 15) is 4.39 Å². The summed E-state index contributed by atoms with van der Waals surface area (Å²) in [5, 5.41) is 7.16. The summed E-state index contributed by atoms with van der Waals surface area (Å²) in [5.41, 5.74) is 0.637. The molecule has 0 saturated carbocycles. The molecule has 2 heterocycles. The smallest absolute Gasteiger partial charge is 0.244 e. The number of aromatic nitrogens is 2. The topological polar surface area (TPSA) is 51.0 Å². The fourth-order valence-electron chi connectivity index (χ4n) is 2.02. The Morgan fingerprint density at radius 2 is 2.28 bits per heavy atom. The van der Waals surface area contributed by atoms with Gasteiger partial charge in [-0.05, 0) is 31.5 Å². The van der Waals surface area contributed by atoms with Crippen LogP contribution >= 0.6 is 12.4 Å². The molecule has 18 heavy (non-hydrogen) atoms. The third-order valence-corrected chi connectivity index (χ3v) is 2.88. The minimum absolute atomic E-state index is 0. The number of benzene rings is 1. The molecule has 1 aliphatic heterocycles. The molecule has 0 aliphatic carbocycles. The summed E-state index contributed by atoms with van der Waals surface area (Å²) in [7, 11) is 0. The van der Waals surface area contributed by atoms with Crippen LogP contribution in [0.2, 0.25) is 0 Å². The van der Waals surface area contributed by atoms with Gasteiger partial charge in [-0.2, -0.15) is 4.98 Å². The van der Waals surface area contributed by atoms with E-state index in [0.29, 0.717) is 17.3 Å². The van der Waals surface area contributed by atoms with Crippen molar-refractivity contribution in [2.75, 3.05) is 6.54 Å². The highest BCUT2D eigenvalue weighted by atomic mass is 35.5. The van der Waals surface area contributed by atoms with Gasteiger partial charge in [-0.15, -0.1) is 12.4 Å². The Morgan fingerprint density at radius 1 is 1.39 bits per heavy atom. The van der Waals surface area contributed by atoms with Crippen LogP contribution in [0.1, 0.15) is 24.8 Å². The van der Waals surface area contributed by atoms with E-state index < -0.39 is 0 Å². The average molecular weight is 270 g/mol. The van der Waals surface area contributed by atoms with Gasteiger partial charge in [-0.1, -0.05) is 17.3 Å². The zero-order chi connectivity index (χ0) is 11.7. The lowest BCUT2D eigenvalue weighted by atomic mass is 10.2. The lowest BCUT2D eigenvalue weighted by molar-refractivity contribution is 0.345. The summed E-state index contributed by atoms with van der Waals surface area (Å²) in [6.45, 7) is 0.975. The second kappa shape index (κ2) is 5.46. The van der Waals surface area contributed by atoms with Crippen molar-refractivity contribution in [3.8, 4) is 11.4 Å². The number of rotatable bonds is 2. The SMILES string of the molecule is Cl.Fc1cccc(-c2noc([C@@H]3CCCN3)n2)c1. The minimum Gasteiger partial charge on any atom is -0.337 e. The molecule has 96 valence electrons. The number of hydrogen-bond acceptors (Lipinski definition) is 4. The average Bonchev–Trinajstić information content (AvgIpc) is 3.00. The van der Waals surface area contributed by atoms with Gasteiger partial charge in [0.2, 0.25) is 11.7 Å². The summed E-state index contributed by atoms with van der Waals surface area (Å²) in [5.74, 6) is 0.725. The molecular formula is C12H13ClFN3O. The van der Waals surface area contributed by atoms with Crippen molar-refractivity contribution >= 4 is 12.4 Å². The van der Waals surface area contributed by atoms with Gasteiger partial charge in [-0.3, -0.25) is 0 Å². The van der Waals surface area contributed by atoms with E-state index >= 15 is 0 Å². The van der Waals surface area contributed by atoms with Crippen molar-refractivity contribution in [1.82, 2.24) is 15.5 Å². The predicted molar refractivity (Wildman–Crippen MR) is 66.9 cm³/mol. The molecular weight excluding hydrogens is 257 g/mol. The zero-order valence-corrected chi connectivity index (χ0v) is 10.4. The normalized spacial score (nSPS) is 18.6. The van der Waals surface area contributed by atoms with E-state index in [1.54, 1.807) is 12.1 Å². The van der Waals surface area contributed by atoms with Crippen molar-refractivity contribution in [3.05, 3.63) is 36.0 Å². The fraction of sp³-hybridized carbons (Fsp3) is 0.333. The van der Waals surface area contributed by atoms with Gasteiger partial charge in [-0.25, -0.2) is 4.39 Å². The van der Waals surface area contributed by atoms with Gasteiger partial charge in [0.25, 0.3) is 0 Å². The van der Waals surface area contributed by atoms with Crippen LogP contribution in [0.4, 0.5) is 4.39 Å². The molecule has 1 fully saturated rings. The lowest BCUT2D eigenvalue weighted by Crippen LogP contribution is -2.12. The van der Waals surface area contributed by atoms with Crippen LogP contribution in [0, 0.1) is 5.82 Å². The van der Waals surface area contributed by atoms with Gasteiger partial charge in [0.15, 0.2) is 0 Å². The number of nitrogens with one attached hydrogen (secondary N) is 1. The highest BCUT2D eigenvalue weighted by Crippen LogP contribution is 2.24. The summed E-state index contributed by atoms with van der Waals surface area (Å²) >= 11 is 0. The highest BCUT2D eigenvalue weighted by Gasteiger charge is 2.22. The second-order valence-electron chi connectivity index (χ2n) is 4.12. The Labute approximate surface area is 110 Å². The standard InChI is InChI=1S/C12H12FN3O.ClH/c13-9-4-1-3-8(7-9)11-15-12(17-16-11)10-5-2-6-14-10;/h1,3-4,7,10,14H,2,5-6H2;1H/t10-;/m0./s1. The van der Waals surface area contributed by atoms with E-state index in [0.717, 1.165) is 19.4 Å². The van der Waals surface area contributed by atoms with E-state index in [4.69, 9.17) is 4.52 Å². The largest absolute Gasteiger partial charge is 0.337 e. The molecule has 1 saturated heterocycles. The maximum Gasteiger partial charge on any atom is 0.244 e. The van der Waals surface area contributed by atoms with Crippen LogP contribution in [-0.2, 0) is 0 Å². The maximum atomic E-state index is 13.1. The Bertz CT molecular complexity index is 526. The summed E-state index contributed by atoms with van der Waals surface area (Å²) in [6.07, 6.45) is 2.12. The third kappa shape index (κ3) is 2.52. The monoisotopic (exact) mass is 269 g/mol. The first-order valence-electron chi connectivity index (χ1n) is 5.66. The highest BCUT2D eigenvalue weighted by molar-refractivity contribution is 5.85. The molecule has 1 N–H and O–H groups in total. The van der Waals surface area contributed by atoms with Crippen LogP contribution in [0.15, 0.2) is 28.8 Å². The summed E-state index contributed by atoms with van der Waals surface area (Å²) < 4.78 is 18.3. The predicted octanol–water partition coefficient (Wildman–Crippen LogP) is 2.72. The zero-order valence-electron chi connectivity index (χ0n) is 9.60. The first kappa shape index (κ1) is 13.0. The van der Waals surface area contributed by atoms with Crippen molar-refractivity contribution in [2.45, 2.75) is 18.9 Å². The third-order valence-electron chi connectivity index (χ3n) is 2.88. The summed E-state index contributed by atoms with van der Waals surface area (Å²) in [4.78, 5) is 4.30. The van der Waals surface area contributed by atoms with Gasteiger partial charge in [0, 0.05) is 5.56 Å². The van der Waals surface area contributed by atoms with E-state index in [2.05, 4.69) is 15.5 Å². The Hall–Kier alpha value is -1.46. The van der Waals surface area contributed by atoms with Crippen molar-refractivity contribution in [2.24, 2.45) is 0 Å². The van der Waals surface area contributed by atoms with Gasteiger partial charge in [0.1, 0.15) is 5.82 Å². The fourth-order valence-corrected chi connectivity index (χ4v) is 2.02. The minimum atomic E-state index is -0.298. The van der Waals surface area contributed by atoms with Crippen LogP contribution in [0.5, 0.6) is 0 Å². The van der Waals surface area contributed by atoms with E-state index in [1.807, 2.05) is 0 Å². The van der Waals surface area contributed by atoms with E-state index in [1.165, 1.54) is 12.1 Å². The first-order valence-corrected chi connectivity index (χ1v) is 5.66. The van der Waals surface area contributed by atoms with Gasteiger partial charge < -0.3 is 9.84 Å². The molecule has 0 radical (unpaired) electrons. The second-order valence-corrected chi connectivity index (χ2v) is 4.12. The molecule has 0 unspecified atom stereocenters. The number of hydrogen-bond donors (Lipinski definition) is 1. The Morgan fingerprint density at radius 3 is 3.00 bits per heavy atom. The van der Waals surface area contributed by atoms with Crippen molar-refractivity contribution < 1.29 is 8.91 Å². The van der Waals surface area contributed by atoms with Crippen LogP contribution in [-0.4, -0.2) is 16.7 Å². The molecule has 3 rings (SSSR count). The molecule has 1 aromatic carbocycles. The molecule has 4 nitrogen and oxygen atoms in total. The van der Waals surface area contributed by atoms with Crippen LogP contribution in [0.25, 0.3) is 11.4 Å². The molecule has 1 aliphatic rings. The molecule has 1 atom stereocenters. The van der Waals surface area contributed by atoms with Crippen LogP contribution in [0.3, 0.4) is 0 Å². The van der Waals surface area contributed by atoms with Crippen LogP contribution < -0.4 is 5.32 Å². The van der Waals surface area contributed by atoms with Crippen molar-refractivity contribution in [1.29, 1.82) is 0 Å². The Balaban J connectivity index is 0.00000120. The number of nitrogens with zero attached hydrogens (tertiary/aromatic N) is 2. The lowest BCUT2D eigenvalue weighted by Gasteiger charge is -2.01. The van der Waals surface area contributed by atoms with E-state index in [-0.39, 0.29) is 24.3 Å². The van der Waals surface area contributed by atoms with Gasteiger partial charge in [0.05, 0.1) is 6.04 Å². The molecule has 2 aromatic rings. The quantitative estimate of drug-likeness (QED) is 0.911. The number of halogens is 2. The molecule has 0 bridgehead atoms.